The minimum Gasteiger partial charge on any atom is -0.376 e. The summed E-state index contributed by atoms with van der Waals surface area (Å²) in [5.41, 5.74) is 6.56. The molecule has 4 unspecified atom stereocenters. The van der Waals surface area contributed by atoms with E-state index >= 15 is 0 Å². The molecule has 1 aromatic rings. The van der Waals surface area contributed by atoms with Gasteiger partial charge in [0.25, 0.3) is 0 Å². The molecule has 2 fully saturated rings. The van der Waals surface area contributed by atoms with Gasteiger partial charge in [-0.25, -0.2) is 14.4 Å². The molecular formula is C13H19FN4O. The molecule has 0 spiro atoms. The van der Waals surface area contributed by atoms with Crippen molar-refractivity contribution in [2.24, 2.45) is 11.7 Å². The van der Waals surface area contributed by atoms with E-state index in [0.717, 1.165) is 19.4 Å². The van der Waals surface area contributed by atoms with Gasteiger partial charge in [-0.3, -0.25) is 0 Å². The van der Waals surface area contributed by atoms with Crippen LogP contribution in [0, 0.1) is 11.7 Å². The third-order valence-corrected chi connectivity index (χ3v) is 4.18. The summed E-state index contributed by atoms with van der Waals surface area (Å²) in [6.45, 7) is 2.63. The van der Waals surface area contributed by atoms with Crippen molar-refractivity contribution in [1.82, 2.24) is 9.97 Å². The van der Waals surface area contributed by atoms with Crippen molar-refractivity contribution in [3.05, 3.63) is 17.8 Å². The third kappa shape index (κ3) is 2.08. The number of ether oxygens (including phenoxy) is 1. The van der Waals surface area contributed by atoms with E-state index in [1.807, 2.05) is 6.92 Å². The second kappa shape index (κ2) is 5.02. The monoisotopic (exact) mass is 266 g/mol. The summed E-state index contributed by atoms with van der Waals surface area (Å²) in [5.74, 6) is 0.248. The van der Waals surface area contributed by atoms with Gasteiger partial charge in [0.2, 0.25) is 0 Å². The number of hydrogen-bond acceptors (Lipinski definition) is 5. The first-order chi connectivity index (χ1) is 9.22. The molecule has 2 heterocycles. The maximum atomic E-state index is 14.1. The third-order valence-electron chi connectivity index (χ3n) is 4.18. The van der Waals surface area contributed by atoms with Gasteiger partial charge in [0.05, 0.1) is 17.8 Å². The topological polar surface area (TPSA) is 73.1 Å². The Hall–Kier alpha value is -1.27. The Morgan fingerprint density at radius 1 is 1.53 bits per heavy atom. The fourth-order valence-electron chi connectivity index (χ4n) is 3.04. The first kappa shape index (κ1) is 12.7. The second-order valence-electron chi connectivity index (χ2n) is 5.23. The zero-order valence-corrected chi connectivity index (χ0v) is 11.0. The van der Waals surface area contributed by atoms with Gasteiger partial charge < -0.3 is 15.8 Å². The molecule has 0 bridgehead atoms. The van der Waals surface area contributed by atoms with E-state index in [-0.39, 0.29) is 29.8 Å². The highest BCUT2D eigenvalue weighted by Crippen LogP contribution is 2.38. The molecule has 1 saturated heterocycles. The quantitative estimate of drug-likeness (QED) is 0.857. The standard InChI is InChI=1S/C13H19FN4O/c1-2-8-9(14)13(17-6-16-8)18-11-10(15)7-4-3-5-19-12(7)11/h6-7,10-12H,2-5,15H2,1H3,(H,16,17,18). The van der Waals surface area contributed by atoms with Gasteiger partial charge in [-0.1, -0.05) is 6.92 Å². The number of nitrogens with one attached hydrogen (secondary N) is 1. The number of aryl methyl sites for hydroxylation is 1. The molecule has 1 aliphatic heterocycles. The van der Waals surface area contributed by atoms with Crippen LogP contribution in [0.5, 0.6) is 0 Å². The van der Waals surface area contributed by atoms with Gasteiger partial charge in [0.1, 0.15) is 6.33 Å². The number of aromatic nitrogens is 2. The summed E-state index contributed by atoms with van der Waals surface area (Å²) >= 11 is 0. The molecule has 0 aromatic carbocycles. The average molecular weight is 266 g/mol. The Bertz CT molecular complexity index is 470. The molecule has 3 N–H and O–H groups in total. The fourth-order valence-corrected chi connectivity index (χ4v) is 3.04. The van der Waals surface area contributed by atoms with Crippen molar-refractivity contribution < 1.29 is 9.13 Å². The first-order valence-corrected chi connectivity index (χ1v) is 6.85. The van der Waals surface area contributed by atoms with Crippen LogP contribution in [-0.2, 0) is 11.2 Å². The van der Waals surface area contributed by atoms with Gasteiger partial charge in [-0.05, 0) is 19.3 Å². The molecule has 1 saturated carbocycles. The predicted octanol–water partition coefficient (Wildman–Crippen LogP) is 1.09. The van der Waals surface area contributed by atoms with Crippen LogP contribution in [0.25, 0.3) is 0 Å². The van der Waals surface area contributed by atoms with E-state index in [0.29, 0.717) is 18.0 Å². The first-order valence-electron chi connectivity index (χ1n) is 6.85. The molecule has 2 aliphatic rings. The van der Waals surface area contributed by atoms with Gasteiger partial charge in [-0.2, -0.15) is 0 Å². The lowest BCUT2D eigenvalue weighted by molar-refractivity contribution is -0.104. The molecule has 5 nitrogen and oxygen atoms in total. The number of nitrogens with two attached hydrogens (primary N) is 1. The van der Waals surface area contributed by atoms with Crippen LogP contribution in [-0.4, -0.2) is 34.8 Å². The van der Waals surface area contributed by atoms with Crippen molar-refractivity contribution in [1.29, 1.82) is 0 Å². The largest absolute Gasteiger partial charge is 0.376 e. The minimum atomic E-state index is -0.378. The fraction of sp³-hybridized carbons (Fsp3) is 0.692. The molecule has 3 rings (SSSR count). The average Bonchev–Trinajstić information content (AvgIpc) is 2.45. The summed E-state index contributed by atoms with van der Waals surface area (Å²) in [4.78, 5) is 7.89. The lowest BCUT2D eigenvalue weighted by atomic mass is 9.68. The predicted molar refractivity (Wildman–Crippen MR) is 69.2 cm³/mol. The van der Waals surface area contributed by atoms with Gasteiger partial charge in [-0.15, -0.1) is 0 Å². The summed E-state index contributed by atoms with van der Waals surface area (Å²) in [7, 11) is 0. The Labute approximate surface area is 111 Å². The zero-order valence-electron chi connectivity index (χ0n) is 11.0. The summed E-state index contributed by atoms with van der Waals surface area (Å²) in [6, 6.07) is -0.0517. The normalized spacial score (nSPS) is 33.4. The molecule has 0 radical (unpaired) electrons. The van der Waals surface area contributed by atoms with Crippen LogP contribution < -0.4 is 11.1 Å². The van der Waals surface area contributed by atoms with Crippen molar-refractivity contribution in [3.63, 3.8) is 0 Å². The smallest absolute Gasteiger partial charge is 0.186 e. The van der Waals surface area contributed by atoms with Crippen LogP contribution in [0.3, 0.4) is 0 Å². The SMILES string of the molecule is CCc1ncnc(NC2C(N)C3CCCOC32)c1F. The van der Waals surface area contributed by atoms with Crippen molar-refractivity contribution in [2.45, 2.75) is 44.4 Å². The Kier molecular flexibility index (Phi) is 3.36. The molecule has 104 valence electrons. The second-order valence-corrected chi connectivity index (χ2v) is 5.23. The number of nitrogens with zero attached hydrogens (tertiary/aromatic N) is 2. The number of hydrogen-bond donors (Lipinski definition) is 2. The summed E-state index contributed by atoms with van der Waals surface area (Å²) in [5, 5.41) is 3.09. The number of fused-ring (bicyclic) bond motifs is 1. The molecule has 1 aromatic heterocycles. The van der Waals surface area contributed by atoms with Crippen molar-refractivity contribution >= 4 is 5.82 Å². The number of rotatable bonds is 3. The van der Waals surface area contributed by atoms with E-state index in [9.17, 15) is 4.39 Å². The molecule has 0 amide bonds. The molecular weight excluding hydrogens is 247 g/mol. The highest BCUT2D eigenvalue weighted by atomic mass is 19.1. The number of halogens is 1. The maximum Gasteiger partial charge on any atom is 0.186 e. The molecule has 4 atom stereocenters. The number of anilines is 1. The highest BCUT2D eigenvalue weighted by Gasteiger charge is 2.50. The Morgan fingerprint density at radius 3 is 3.16 bits per heavy atom. The van der Waals surface area contributed by atoms with E-state index in [2.05, 4.69) is 15.3 Å². The highest BCUT2D eigenvalue weighted by molar-refractivity contribution is 5.41. The van der Waals surface area contributed by atoms with Crippen molar-refractivity contribution in [3.8, 4) is 0 Å². The summed E-state index contributed by atoms with van der Waals surface area (Å²) < 4.78 is 19.8. The van der Waals surface area contributed by atoms with Crippen LogP contribution in [0.4, 0.5) is 10.2 Å². The van der Waals surface area contributed by atoms with Gasteiger partial charge >= 0.3 is 0 Å². The van der Waals surface area contributed by atoms with Gasteiger partial charge in [0.15, 0.2) is 11.6 Å². The Morgan fingerprint density at radius 2 is 2.37 bits per heavy atom. The molecule has 1 aliphatic carbocycles. The minimum absolute atomic E-state index is 0.00439. The Balaban J connectivity index is 1.75. The van der Waals surface area contributed by atoms with E-state index in [1.165, 1.54) is 6.33 Å². The van der Waals surface area contributed by atoms with E-state index in [4.69, 9.17) is 10.5 Å². The van der Waals surface area contributed by atoms with Crippen LogP contribution in [0.1, 0.15) is 25.5 Å². The van der Waals surface area contributed by atoms with Crippen molar-refractivity contribution in [2.75, 3.05) is 11.9 Å². The molecule has 19 heavy (non-hydrogen) atoms. The van der Waals surface area contributed by atoms with Crippen LogP contribution in [0.15, 0.2) is 6.33 Å². The van der Waals surface area contributed by atoms with E-state index < -0.39 is 0 Å². The summed E-state index contributed by atoms with van der Waals surface area (Å²) in [6.07, 6.45) is 4.17. The van der Waals surface area contributed by atoms with Gasteiger partial charge in [0, 0.05) is 18.6 Å². The van der Waals surface area contributed by atoms with Crippen LogP contribution in [0.2, 0.25) is 0 Å². The lowest BCUT2D eigenvalue weighted by Gasteiger charge is -2.52. The lowest BCUT2D eigenvalue weighted by Crippen LogP contribution is -2.69. The molecule has 6 heteroatoms. The maximum absolute atomic E-state index is 14.1. The van der Waals surface area contributed by atoms with E-state index in [1.54, 1.807) is 0 Å². The zero-order chi connectivity index (χ0) is 13.4. The van der Waals surface area contributed by atoms with Crippen LogP contribution >= 0.6 is 0 Å².